The molecule has 0 saturated heterocycles. The van der Waals surface area contributed by atoms with Gasteiger partial charge in [-0.1, -0.05) is 24.6 Å². The maximum atomic E-state index is 13.8. The molecule has 0 fully saturated rings. The van der Waals surface area contributed by atoms with E-state index in [2.05, 4.69) is 10.1 Å². The van der Waals surface area contributed by atoms with E-state index in [4.69, 9.17) is 20.9 Å². The van der Waals surface area contributed by atoms with Crippen LogP contribution in [-0.2, 0) is 0 Å². The number of benzene rings is 1. The summed E-state index contributed by atoms with van der Waals surface area (Å²) in [6.07, 6.45) is 1.63. The minimum Gasteiger partial charge on any atom is -0.496 e. The third-order valence-electron chi connectivity index (χ3n) is 2.67. The van der Waals surface area contributed by atoms with Crippen molar-refractivity contribution in [1.82, 2.24) is 10.1 Å². The van der Waals surface area contributed by atoms with Gasteiger partial charge in [-0.25, -0.2) is 4.39 Å². The van der Waals surface area contributed by atoms with Crippen LogP contribution in [-0.4, -0.2) is 17.3 Å². The average molecular weight is 285 g/mol. The lowest BCUT2D eigenvalue weighted by Crippen LogP contribution is -1.94. The first-order chi connectivity index (χ1) is 9.17. The summed E-state index contributed by atoms with van der Waals surface area (Å²) in [5.74, 6) is 0.309. The van der Waals surface area contributed by atoms with Crippen molar-refractivity contribution in [2.24, 2.45) is 0 Å². The molecule has 0 saturated carbocycles. The Morgan fingerprint density at radius 1 is 1.47 bits per heavy atom. The molecule has 6 heteroatoms. The van der Waals surface area contributed by atoms with Crippen molar-refractivity contribution in [3.05, 3.63) is 29.8 Å². The summed E-state index contributed by atoms with van der Waals surface area (Å²) in [6.45, 7) is 2.01. The molecule has 1 atom stereocenters. The highest BCUT2D eigenvalue weighted by molar-refractivity contribution is 6.20. The molecule has 1 heterocycles. The van der Waals surface area contributed by atoms with Crippen LogP contribution in [0, 0.1) is 5.82 Å². The van der Waals surface area contributed by atoms with Crippen LogP contribution in [0.2, 0.25) is 0 Å². The summed E-state index contributed by atoms with van der Waals surface area (Å²) in [4.78, 5) is 4.14. The molecule has 1 unspecified atom stereocenters. The molecule has 19 heavy (non-hydrogen) atoms. The third kappa shape index (κ3) is 2.87. The highest BCUT2D eigenvalue weighted by atomic mass is 35.5. The molecule has 1 aromatic carbocycles. The molecule has 1 aromatic heterocycles. The van der Waals surface area contributed by atoms with E-state index in [1.54, 1.807) is 12.1 Å². The van der Waals surface area contributed by atoms with E-state index in [1.165, 1.54) is 13.2 Å². The van der Waals surface area contributed by atoms with Crippen LogP contribution in [0.25, 0.3) is 11.5 Å². The molecule has 2 aromatic rings. The summed E-state index contributed by atoms with van der Waals surface area (Å²) >= 11 is 6.11. The van der Waals surface area contributed by atoms with E-state index >= 15 is 0 Å². The number of alkyl halides is 1. The molecule has 0 spiro atoms. The van der Waals surface area contributed by atoms with Crippen LogP contribution < -0.4 is 4.74 Å². The van der Waals surface area contributed by atoms with Crippen molar-refractivity contribution < 1.29 is 13.7 Å². The lowest BCUT2D eigenvalue weighted by molar-refractivity contribution is 0.397. The minimum absolute atomic E-state index is 0.0757. The van der Waals surface area contributed by atoms with Crippen molar-refractivity contribution in [2.45, 2.75) is 25.1 Å². The van der Waals surface area contributed by atoms with Gasteiger partial charge in [0.05, 0.1) is 12.5 Å². The van der Waals surface area contributed by atoms with E-state index in [1.807, 2.05) is 6.92 Å². The second-order valence-electron chi connectivity index (χ2n) is 4.03. The van der Waals surface area contributed by atoms with Crippen molar-refractivity contribution in [1.29, 1.82) is 0 Å². The third-order valence-corrected chi connectivity index (χ3v) is 3.09. The fraction of sp³-hybridized carbons (Fsp3) is 0.385. The predicted octanol–water partition coefficient (Wildman–Crippen LogP) is 3.96. The zero-order chi connectivity index (χ0) is 13.8. The largest absolute Gasteiger partial charge is 0.496 e. The Morgan fingerprint density at radius 2 is 2.26 bits per heavy atom. The lowest BCUT2D eigenvalue weighted by Gasteiger charge is -2.05. The number of aromatic nitrogens is 2. The van der Waals surface area contributed by atoms with E-state index in [0.29, 0.717) is 11.6 Å². The first kappa shape index (κ1) is 13.8. The van der Waals surface area contributed by atoms with Crippen LogP contribution in [0.3, 0.4) is 0 Å². The Labute approximate surface area is 115 Å². The van der Waals surface area contributed by atoms with Crippen LogP contribution >= 0.6 is 11.6 Å². The Hall–Kier alpha value is -1.62. The number of rotatable bonds is 5. The molecule has 2 rings (SSSR count). The first-order valence-electron chi connectivity index (χ1n) is 5.98. The van der Waals surface area contributed by atoms with Gasteiger partial charge in [0.15, 0.2) is 5.82 Å². The maximum absolute atomic E-state index is 13.8. The molecule has 0 amide bonds. The summed E-state index contributed by atoms with van der Waals surface area (Å²) in [5.41, 5.74) is 0.157. The zero-order valence-corrected chi connectivity index (χ0v) is 11.4. The summed E-state index contributed by atoms with van der Waals surface area (Å²) in [7, 11) is 1.46. The van der Waals surface area contributed by atoms with E-state index in [9.17, 15) is 4.39 Å². The summed E-state index contributed by atoms with van der Waals surface area (Å²) in [6, 6.07) is 4.49. The second kappa shape index (κ2) is 6.02. The Morgan fingerprint density at radius 3 is 2.95 bits per heavy atom. The van der Waals surface area contributed by atoms with Crippen LogP contribution in [0.1, 0.15) is 31.0 Å². The summed E-state index contributed by atoms with van der Waals surface area (Å²) in [5, 5.41) is 3.45. The van der Waals surface area contributed by atoms with Gasteiger partial charge in [-0.2, -0.15) is 4.98 Å². The summed E-state index contributed by atoms with van der Waals surface area (Å²) < 4.78 is 24.0. The predicted molar refractivity (Wildman–Crippen MR) is 69.7 cm³/mol. The molecule has 0 aliphatic rings. The molecule has 102 valence electrons. The number of methoxy groups -OCH3 is 1. The molecule has 0 radical (unpaired) electrons. The van der Waals surface area contributed by atoms with Gasteiger partial charge in [0, 0.05) is 0 Å². The Balaban J connectivity index is 2.38. The smallest absolute Gasteiger partial charge is 0.264 e. The normalized spacial score (nSPS) is 12.4. The monoisotopic (exact) mass is 284 g/mol. The van der Waals surface area contributed by atoms with Gasteiger partial charge in [-0.15, -0.1) is 11.6 Å². The number of hydrogen-bond acceptors (Lipinski definition) is 4. The van der Waals surface area contributed by atoms with Crippen molar-refractivity contribution >= 4 is 11.6 Å². The van der Waals surface area contributed by atoms with Crippen LogP contribution in [0.5, 0.6) is 5.75 Å². The van der Waals surface area contributed by atoms with E-state index < -0.39 is 5.82 Å². The molecule has 0 N–H and O–H groups in total. The van der Waals surface area contributed by atoms with Crippen molar-refractivity contribution in [3.63, 3.8) is 0 Å². The van der Waals surface area contributed by atoms with Gasteiger partial charge in [-0.05, 0) is 18.6 Å². The van der Waals surface area contributed by atoms with Crippen LogP contribution in [0.15, 0.2) is 22.7 Å². The lowest BCUT2D eigenvalue weighted by atomic mass is 10.2. The molecule has 0 bridgehead atoms. The zero-order valence-electron chi connectivity index (χ0n) is 10.7. The van der Waals surface area contributed by atoms with E-state index in [-0.39, 0.29) is 16.8 Å². The average Bonchev–Trinajstić information content (AvgIpc) is 2.88. The second-order valence-corrected chi connectivity index (χ2v) is 4.56. The minimum atomic E-state index is -0.476. The number of ether oxygens (including phenoxy) is 1. The van der Waals surface area contributed by atoms with Crippen LogP contribution in [0.4, 0.5) is 4.39 Å². The highest BCUT2D eigenvalue weighted by Gasteiger charge is 2.21. The van der Waals surface area contributed by atoms with Gasteiger partial charge in [0.2, 0.25) is 0 Å². The highest BCUT2D eigenvalue weighted by Crippen LogP contribution is 2.33. The molecular formula is C13H14ClFN2O2. The quantitative estimate of drug-likeness (QED) is 0.780. The number of hydrogen-bond donors (Lipinski definition) is 0. The number of halogens is 2. The standard InChI is InChI=1S/C13H14ClFN2O2/c1-3-5-8(14)12-16-13(19-17-12)11-9(15)6-4-7-10(11)18-2/h4,6-8H,3,5H2,1-2H3. The van der Waals surface area contributed by atoms with Crippen molar-refractivity contribution in [3.8, 4) is 17.2 Å². The maximum Gasteiger partial charge on any atom is 0.264 e. The first-order valence-corrected chi connectivity index (χ1v) is 6.41. The van der Waals surface area contributed by atoms with Gasteiger partial charge < -0.3 is 9.26 Å². The number of nitrogens with zero attached hydrogens (tertiary/aromatic N) is 2. The topological polar surface area (TPSA) is 48.2 Å². The molecule has 0 aliphatic heterocycles. The SMILES string of the molecule is CCCC(Cl)c1noc(-c2c(F)cccc2OC)n1. The van der Waals surface area contributed by atoms with E-state index in [0.717, 1.165) is 12.8 Å². The van der Waals surface area contributed by atoms with Crippen molar-refractivity contribution in [2.75, 3.05) is 7.11 Å². The molecule has 0 aliphatic carbocycles. The molecular weight excluding hydrogens is 271 g/mol. The fourth-order valence-corrected chi connectivity index (χ4v) is 2.04. The van der Waals surface area contributed by atoms with Gasteiger partial charge in [-0.3, -0.25) is 0 Å². The Bertz CT molecular complexity index is 559. The van der Waals surface area contributed by atoms with Gasteiger partial charge >= 0.3 is 0 Å². The fourth-order valence-electron chi connectivity index (χ4n) is 1.73. The van der Waals surface area contributed by atoms with Gasteiger partial charge in [0.25, 0.3) is 5.89 Å². The van der Waals surface area contributed by atoms with Gasteiger partial charge in [0.1, 0.15) is 17.1 Å². The Kier molecular flexibility index (Phi) is 4.37. The molecule has 4 nitrogen and oxygen atoms in total.